The molecule has 1 aliphatic heterocycles. The summed E-state index contributed by atoms with van der Waals surface area (Å²) in [5.41, 5.74) is 1.84. The molecule has 1 fully saturated rings. The van der Waals surface area contributed by atoms with E-state index in [1.54, 1.807) is 0 Å². The van der Waals surface area contributed by atoms with E-state index >= 15 is 0 Å². The highest BCUT2D eigenvalue weighted by atomic mass is 32.2. The molecule has 7 nitrogen and oxygen atoms in total. The number of carbonyl (C=O) groups excluding carboxylic acids is 2. The molecular weight excluding hydrogens is 418 g/mol. The zero-order valence-electron chi connectivity index (χ0n) is 17.4. The first kappa shape index (κ1) is 22.7. The first-order valence-electron chi connectivity index (χ1n) is 10.4. The summed E-state index contributed by atoms with van der Waals surface area (Å²) < 4.78 is 0.615. The molecule has 162 valence electrons. The molecule has 0 spiro atoms. The number of thioether (sulfide) groups is 1. The lowest BCUT2D eigenvalue weighted by molar-refractivity contribution is -0.118. The van der Waals surface area contributed by atoms with Crippen molar-refractivity contribution < 1.29 is 9.59 Å². The molecule has 2 aromatic rings. The van der Waals surface area contributed by atoms with Gasteiger partial charge in [0.15, 0.2) is 4.34 Å². The van der Waals surface area contributed by atoms with E-state index in [4.69, 9.17) is 0 Å². The number of aromatic nitrogens is 2. The third-order valence-electron chi connectivity index (χ3n) is 4.91. The molecule has 1 aromatic heterocycles. The van der Waals surface area contributed by atoms with Crippen LogP contribution in [0.1, 0.15) is 47.5 Å². The van der Waals surface area contributed by atoms with Gasteiger partial charge in [0.25, 0.3) is 5.91 Å². The van der Waals surface area contributed by atoms with Crippen molar-refractivity contribution in [1.29, 1.82) is 0 Å². The van der Waals surface area contributed by atoms with Gasteiger partial charge in [-0.3, -0.25) is 9.59 Å². The number of likely N-dealkylation sites (tertiary alicyclic amines) is 1. The monoisotopic (exact) mass is 447 g/mol. The van der Waals surface area contributed by atoms with Crippen LogP contribution in [0.3, 0.4) is 0 Å². The molecule has 30 heavy (non-hydrogen) atoms. The number of hydrogen-bond acceptors (Lipinski definition) is 7. The number of carbonyl (C=O) groups is 2. The molecule has 1 aliphatic rings. The van der Waals surface area contributed by atoms with Gasteiger partial charge in [-0.25, -0.2) is 0 Å². The molecule has 2 heterocycles. The molecule has 2 amide bonds. The van der Waals surface area contributed by atoms with Gasteiger partial charge in [-0.15, -0.1) is 10.2 Å². The van der Waals surface area contributed by atoms with Crippen LogP contribution in [0.2, 0.25) is 0 Å². The van der Waals surface area contributed by atoms with E-state index < -0.39 is 0 Å². The Morgan fingerprint density at radius 2 is 1.83 bits per heavy atom. The van der Waals surface area contributed by atoms with Crippen LogP contribution in [0.25, 0.3) is 0 Å². The van der Waals surface area contributed by atoms with Crippen LogP contribution in [0, 0.1) is 6.92 Å². The van der Waals surface area contributed by atoms with E-state index in [-0.39, 0.29) is 22.6 Å². The zero-order valence-corrected chi connectivity index (χ0v) is 19.0. The molecule has 0 radical (unpaired) electrons. The van der Waals surface area contributed by atoms with Gasteiger partial charge in [0.1, 0.15) is 0 Å². The summed E-state index contributed by atoms with van der Waals surface area (Å²) in [7, 11) is 0. The Labute approximate surface area is 186 Å². The predicted octanol–water partition coefficient (Wildman–Crippen LogP) is 3.57. The SMILES string of the molecule is Cc1ccc(NC(=O)c2nnc(SCC(=O)NCCCN3CCCCCC3)s2)cc1. The number of anilines is 1. The normalized spacial score (nSPS) is 14.8. The Kier molecular flexibility index (Phi) is 9.10. The number of aryl methyl sites for hydroxylation is 1. The largest absolute Gasteiger partial charge is 0.355 e. The van der Waals surface area contributed by atoms with Crippen molar-refractivity contribution >= 4 is 40.6 Å². The zero-order chi connectivity index (χ0) is 21.2. The smallest absolute Gasteiger partial charge is 0.286 e. The van der Waals surface area contributed by atoms with Gasteiger partial charge in [0.05, 0.1) is 5.75 Å². The lowest BCUT2D eigenvalue weighted by Crippen LogP contribution is -2.31. The summed E-state index contributed by atoms with van der Waals surface area (Å²) in [5.74, 6) is -0.0318. The van der Waals surface area contributed by atoms with E-state index in [9.17, 15) is 9.59 Å². The second kappa shape index (κ2) is 12.0. The number of nitrogens with zero attached hydrogens (tertiary/aromatic N) is 3. The number of amides is 2. The molecule has 0 saturated carbocycles. The van der Waals surface area contributed by atoms with E-state index in [0.29, 0.717) is 10.9 Å². The summed E-state index contributed by atoms with van der Waals surface area (Å²) in [5, 5.41) is 14.0. The molecule has 0 atom stereocenters. The van der Waals surface area contributed by atoms with Gasteiger partial charge in [0.2, 0.25) is 10.9 Å². The van der Waals surface area contributed by atoms with E-state index in [2.05, 4.69) is 25.7 Å². The van der Waals surface area contributed by atoms with E-state index in [0.717, 1.165) is 24.2 Å². The number of benzene rings is 1. The Morgan fingerprint density at radius 1 is 1.10 bits per heavy atom. The van der Waals surface area contributed by atoms with Crippen LogP contribution in [0.15, 0.2) is 28.6 Å². The molecule has 1 saturated heterocycles. The molecule has 2 N–H and O–H groups in total. The standard InChI is InChI=1S/C21H29N5O2S2/c1-16-7-9-17(10-8-16)23-19(28)20-24-25-21(30-20)29-15-18(27)22-11-6-14-26-12-4-2-3-5-13-26/h7-10H,2-6,11-15H2,1H3,(H,22,27)(H,23,28). The quantitative estimate of drug-likeness (QED) is 0.451. The third-order valence-corrected chi connectivity index (χ3v) is 6.96. The second-order valence-electron chi connectivity index (χ2n) is 7.44. The van der Waals surface area contributed by atoms with Crippen LogP contribution >= 0.6 is 23.1 Å². The summed E-state index contributed by atoms with van der Waals surface area (Å²) in [4.78, 5) is 26.8. The van der Waals surface area contributed by atoms with Crippen LogP contribution in [0.4, 0.5) is 5.69 Å². The molecule has 3 rings (SSSR count). The Hall–Kier alpha value is -1.97. The highest BCUT2D eigenvalue weighted by molar-refractivity contribution is 8.01. The Morgan fingerprint density at radius 3 is 2.57 bits per heavy atom. The van der Waals surface area contributed by atoms with E-state index in [1.165, 1.54) is 61.9 Å². The minimum atomic E-state index is -0.291. The minimum Gasteiger partial charge on any atom is -0.355 e. The van der Waals surface area contributed by atoms with Crippen molar-refractivity contribution in [3.8, 4) is 0 Å². The number of hydrogen-bond donors (Lipinski definition) is 2. The maximum Gasteiger partial charge on any atom is 0.286 e. The topological polar surface area (TPSA) is 87.2 Å². The molecule has 0 aliphatic carbocycles. The lowest BCUT2D eigenvalue weighted by Gasteiger charge is -2.19. The fourth-order valence-electron chi connectivity index (χ4n) is 3.25. The highest BCUT2D eigenvalue weighted by Crippen LogP contribution is 2.23. The van der Waals surface area contributed by atoms with Crippen LogP contribution in [-0.2, 0) is 4.79 Å². The van der Waals surface area contributed by atoms with Gasteiger partial charge in [-0.2, -0.15) is 0 Å². The van der Waals surface area contributed by atoms with Gasteiger partial charge in [-0.1, -0.05) is 53.6 Å². The second-order valence-corrected chi connectivity index (χ2v) is 9.64. The highest BCUT2D eigenvalue weighted by Gasteiger charge is 2.14. The summed E-state index contributed by atoms with van der Waals surface area (Å²) in [6.45, 7) is 6.09. The van der Waals surface area contributed by atoms with Crippen molar-refractivity contribution in [2.24, 2.45) is 0 Å². The fraction of sp³-hybridized carbons (Fsp3) is 0.524. The fourth-order valence-corrected chi connectivity index (χ4v) is 4.83. The summed E-state index contributed by atoms with van der Waals surface area (Å²) in [6, 6.07) is 7.56. The molecule has 0 unspecified atom stereocenters. The Bertz CT molecular complexity index is 817. The molecular formula is C21H29N5O2S2. The molecule has 9 heteroatoms. The summed E-state index contributed by atoms with van der Waals surface area (Å²) >= 11 is 2.50. The lowest BCUT2D eigenvalue weighted by atomic mass is 10.2. The van der Waals surface area contributed by atoms with Gasteiger partial charge in [0, 0.05) is 12.2 Å². The van der Waals surface area contributed by atoms with Gasteiger partial charge in [-0.05, 0) is 58.0 Å². The van der Waals surface area contributed by atoms with Crippen molar-refractivity contribution in [2.75, 3.05) is 37.2 Å². The van der Waals surface area contributed by atoms with Crippen LogP contribution in [0.5, 0.6) is 0 Å². The minimum absolute atomic E-state index is 0.0169. The van der Waals surface area contributed by atoms with Crippen LogP contribution in [-0.4, -0.2) is 58.8 Å². The Balaban J connectivity index is 1.33. The third kappa shape index (κ3) is 7.70. The number of nitrogens with one attached hydrogen (secondary N) is 2. The summed E-state index contributed by atoms with van der Waals surface area (Å²) in [6.07, 6.45) is 6.22. The first-order chi connectivity index (χ1) is 14.6. The van der Waals surface area contributed by atoms with Crippen LogP contribution < -0.4 is 10.6 Å². The van der Waals surface area contributed by atoms with Crippen molar-refractivity contribution in [2.45, 2.75) is 43.4 Å². The maximum absolute atomic E-state index is 12.3. The van der Waals surface area contributed by atoms with Gasteiger partial charge < -0.3 is 15.5 Å². The van der Waals surface area contributed by atoms with E-state index in [1.807, 2.05) is 31.2 Å². The van der Waals surface area contributed by atoms with Crippen molar-refractivity contribution in [3.63, 3.8) is 0 Å². The predicted molar refractivity (Wildman–Crippen MR) is 122 cm³/mol. The molecule has 0 bridgehead atoms. The first-order valence-corrected chi connectivity index (χ1v) is 12.2. The number of rotatable bonds is 9. The maximum atomic E-state index is 12.3. The van der Waals surface area contributed by atoms with Gasteiger partial charge >= 0.3 is 0 Å². The van der Waals surface area contributed by atoms with Crippen molar-refractivity contribution in [1.82, 2.24) is 20.4 Å². The van der Waals surface area contributed by atoms with Crippen molar-refractivity contribution in [3.05, 3.63) is 34.8 Å². The average molecular weight is 448 g/mol. The molecule has 1 aromatic carbocycles. The average Bonchev–Trinajstić information content (AvgIpc) is 3.07.